The molecule has 0 aromatic carbocycles. The third kappa shape index (κ3) is 1.93. The van der Waals surface area contributed by atoms with E-state index in [1.54, 1.807) is 0 Å². The van der Waals surface area contributed by atoms with E-state index >= 15 is 0 Å². The highest BCUT2D eigenvalue weighted by Crippen LogP contribution is 2.65. The van der Waals surface area contributed by atoms with E-state index in [-0.39, 0.29) is 0 Å². The summed E-state index contributed by atoms with van der Waals surface area (Å²) in [7, 11) is 0. The van der Waals surface area contributed by atoms with Gasteiger partial charge in [0.2, 0.25) is 0 Å². The van der Waals surface area contributed by atoms with Crippen LogP contribution in [0.3, 0.4) is 0 Å². The summed E-state index contributed by atoms with van der Waals surface area (Å²) in [5.41, 5.74) is 2.27. The molecule has 118 valence electrons. The molecule has 4 rings (SSSR count). The second kappa shape index (κ2) is 4.73. The average molecular weight is 289 g/mol. The maximum absolute atomic E-state index is 9.14. The highest BCUT2D eigenvalue weighted by molar-refractivity contribution is 5.85. The number of fused-ring (bicyclic) bond motifs is 5. The van der Waals surface area contributed by atoms with Crippen LogP contribution in [-0.2, 0) is 0 Å². The lowest BCUT2D eigenvalue weighted by atomic mass is 9.45. The molecule has 1 N–H and O–H groups in total. The minimum atomic E-state index is 0.529. The predicted molar refractivity (Wildman–Crippen MR) is 85.6 cm³/mol. The molecule has 0 bridgehead atoms. The monoisotopic (exact) mass is 289 g/mol. The van der Waals surface area contributed by atoms with Gasteiger partial charge in [0.05, 0.1) is 5.71 Å². The summed E-state index contributed by atoms with van der Waals surface area (Å²) in [6, 6.07) is 0. The molecule has 0 spiro atoms. The van der Waals surface area contributed by atoms with Gasteiger partial charge in [0.1, 0.15) is 0 Å². The van der Waals surface area contributed by atoms with Crippen LogP contribution >= 0.6 is 0 Å². The van der Waals surface area contributed by atoms with Crippen molar-refractivity contribution >= 4 is 5.71 Å². The second-order valence-corrected chi connectivity index (χ2v) is 9.11. The van der Waals surface area contributed by atoms with Gasteiger partial charge in [-0.2, -0.15) is 0 Å². The summed E-state index contributed by atoms with van der Waals surface area (Å²) < 4.78 is 0. The summed E-state index contributed by atoms with van der Waals surface area (Å²) in [5, 5.41) is 12.7. The molecule has 2 nitrogen and oxygen atoms in total. The van der Waals surface area contributed by atoms with Gasteiger partial charge in [-0.15, -0.1) is 0 Å². The van der Waals surface area contributed by atoms with Crippen molar-refractivity contribution in [1.82, 2.24) is 0 Å². The molecule has 21 heavy (non-hydrogen) atoms. The Hall–Kier alpha value is -0.530. The van der Waals surface area contributed by atoms with Crippen LogP contribution in [0.2, 0.25) is 0 Å². The Morgan fingerprint density at radius 2 is 1.86 bits per heavy atom. The van der Waals surface area contributed by atoms with E-state index in [0.29, 0.717) is 10.8 Å². The number of hydrogen-bond acceptors (Lipinski definition) is 2. The molecule has 0 aromatic rings. The summed E-state index contributed by atoms with van der Waals surface area (Å²) in [4.78, 5) is 0. The fourth-order valence-corrected chi connectivity index (χ4v) is 7.14. The Morgan fingerprint density at radius 1 is 1.00 bits per heavy atom. The standard InChI is InChI=1S/C19H31NO/c1-18-9-3-4-16(18)15-6-5-13-12-14(20-21)7-11-19(13,2)17(15)8-10-18/h13,15-17,21H,3-12H2,1-2H3/b20-14+/t13-,15?,16?,17?,18?,19?/m0/s1. The van der Waals surface area contributed by atoms with E-state index in [9.17, 15) is 0 Å². The van der Waals surface area contributed by atoms with Crippen LogP contribution in [-0.4, -0.2) is 10.9 Å². The zero-order chi connectivity index (χ0) is 14.7. The smallest absolute Gasteiger partial charge is 0.0574 e. The molecule has 0 aromatic heterocycles. The molecule has 4 fully saturated rings. The molecule has 5 unspecified atom stereocenters. The van der Waals surface area contributed by atoms with Gasteiger partial charge in [0, 0.05) is 0 Å². The Balaban J connectivity index is 1.61. The Morgan fingerprint density at radius 3 is 2.67 bits per heavy atom. The molecule has 4 aliphatic carbocycles. The molecular formula is C19H31NO. The molecule has 0 aliphatic heterocycles. The van der Waals surface area contributed by atoms with Crippen molar-refractivity contribution < 1.29 is 5.21 Å². The van der Waals surface area contributed by atoms with Crippen molar-refractivity contribution in [3.63, 3.8) is 0 Å². The highest BCUT2D eigenvalue weighted by atomic mass is 16.4. The maximum Gasteiger partial charge on any atom is 0.0574 e. The second-order valence-electron chi connectivity index (χ2n) is 9.11. The van der Waals surface area contributed by atoms with Gasteiger partial charge < -0.3 is 5.21 Å². The zero-order valence-electron chi connectivity index (χ0n) is 13.8. The number of rotatable bonds is 0. The van der Waals surface area contributed by atoms with Crippen LogP contribution in [0.4, 0.5) is 0 Å². The van der Waals surface area contributed by atoms with Gasteiger partial charge in [-0.1, -0.05) is 25.4 Å². The zero-order valence-corrected chi connectivity index (χ0v) is 13.8. The normalized spacial score (nSPS) is 54.9. The molecule has 0 amide bonds. The molecular weight excluding hydrogens is 258 g/mol. The van der Waals surface area contributed by atoms with E-state index < -0.39 is 0 Å². The van der Waals surface area contributed by atoms with Gasteiger partial charge in [-0.3, -0.25) is 0 Å². The molecule has 0 heterocycles. The molecule has 4 aliphatic rings. The molecule has 2 heteroatoms. The molecule has 0 saturated heterocycles. The topological polar surface area (TPSA) is 32.6 Å². The van der Waals surface area contributed by atoms with Crippen molar-refractivity contribution in [3.05, 3.63) is 0 Å². The van der Waals surface area contributed by atoms with E-state index in [1.165, 1.54) is 51.4 Å². The third-order valence-electron chi connectivity index (χ3n) is 8.42. The first-order chi connectivity index (χ1) is 10.1. The van der Waals surface area contributed by atoms with Crippen LogP contribution in [0, 0.1) is 34.5 Å². The molecule has 4 saturated carbocycles. The van der Waals surface area contributed by atoms with Gasteiger partial charge in [-0.25, -0.2) is 0 Å². The molecule has 6 atom stereocenters. The average Bonchev–Trinajstić information content (AvgIpc) is 2.88. The lowest BCUT2D eigenvalue weighted by Gasteiger charge is -2.60. The van der Waals surface area contributed by atoms with Crippen molar-refractivity contribution in [2.45, 2.75) is 78.1 Å². The van der Waals surface area contributed by atoms with Crippen LogP contribution in [0.1, 0.15) is 78.1 Å². The largest absolute Gasteiger partial charge is 0.411 e. The first-order valence-corrected chi connectivity index (χ1v) is 9.27. The van der Waals surface area contributed by atoms with Crippen LogP contribution in [0.25, 0.3) is 0 Å². The van der Waals surface area contributed by atoms with Gasteiger partial charge in [0.15, 0.2) is 0 Å². The number of hydrogen-bond donors (Lipinski definition) is 1. The van der Waals surface area contributed by atoms with Crippen molar-refractivity contribution in [1.29, 1.82) is 0 Å². The van der Waals surface area contributed by atoms with Crippen molar-refractivity contribution in [2.24, 2.45) is 39.7 Å². The number of oxime groups is 1. The van der Waals surface area contributed by atoms with Crippen LogP contribution < -0.4 is 0 Å². The fourth-order valence-electron chi connectivity index (χ4n) is 7.14. The minimum Gasteiger partial charge on any atom is -0.411 e. The summed E-state index contributed by atoms with van der Waals surface area (Å²) >= 11 is 0. The fraction of sp³-hybridized carbons (Fsp3) is 0.947. The summed E-state index contributed by atoms with van der Waals surface area (Å²) in [5.74, 6) is 3.75. The Labute approximate surface area is 129 Å². The predicted octanol–water partition coefficient (Wildman–Crippen LogP) is 5.25. The van der Waals surface area contributed by atoms with Crippen LogP contribution in [0.15, 0.2) is 5.16 Å². The Bertz CT molecular complexity index is 458. The Kier molecular flexibility index (Phi) is 3.17. The third-order valence-corrected chi connectivity index (χ3v) is 8.42. The first-order valence-electron chi connectivity index (χ1n) is 9.27. The van der Waals surface area contributed by atoms with Gasteiger partial charge in [-0.05, 0) is 92.3 Å². The van der Waals surface area contributed by atoms with Crippen LogP contribution in [0.5, 0.6) is 0 Å². The van der Waals surface area contributed by atoms with Crippen molar-refractivity contribution in [3.8, 4) is 0 Å². The quantitative estimate of drug-likeness (QED) is 0.479. The van der Waals surface area contributed by atoms with E-state index in [1.807, 2.05) is 0 Å². The highest BCUT2D eigenvalue weighted by Gasteiger charge is 2.57. The summed E-state index contributed by atoms with van der Waals surface area (Å²) in [6.45, 7) is 5.17. The molecule has 0 radical (unpaired) electrons. The van der Waals surface area contributed by atoms with E-state index in [4.69, 9.17) is 5.21 Å². The van der Waals surface area contributed by atoms with Crippen molar-refractivity contribution in [2.75, 3.05) is 0 Å². The SMILES string of the molecule is CC12CCCC1C1CC[C@H]3C/C(=N/O)CCC3(C)C1CC2. The maximum atomic E-state index is 9.14. The first kappa shape index (κ1) is 14.1. The summed E-state index contributed by atoms with van der Waals surface area (Å²) in [6.07, 6.45) is 13.6. The van der Waals surface area contributed by atoms with E-state index in [2.05, 4.69) is 19.0 Å². The minimum absolute atomic E-state index is 0.529. The van der Waals surface area contributed by atoms with Gasteiger partial charge in [0.25, 0.3) is 0 Å². The van der Waals surface area contributed by atoms with E-state index in [0.717, 1.165) is 42.2 Å². The van der Waals surface area contributed by atoms with Gasteiger partial charge >= 0.3 is 0 Å². The lowest BCUT2D eigenvalue weighted by Crippen LogP contribution is -2.52. The lowest BCUT2D eigenvalue weighted by molar-refractivity contribution is -0.0921. The number of nitrogens with zero attached hydrogens (tertiary/aromatic N) is 1.